The fourth-order valence-electron chi connectivity index (χ4n) is 1.78. The Morgan fingerprint density at radius 3 is 2.59 bits per heavy atom. The maximum atomic E-state index is 11.3. The summed E-state index contributed by atoms with van der Waals surface area (Å²) in [5.41, 5.74) is 1.89. The number of nitrogens with zero attached hydrogens (tertiary/aromatic N) is 1. The summed E-state index contributed by atoms with van der Waals surface area (Å²) in [6.45, 7) is 3.32. The number of amides is 1. The molecule has 0 aliphatic heterocycles. The van der Waals surface area contributed by atoms with Crippen molar-refractivity contribution >= 4 is 5.91 Å². The minimum atomic E-state index is -0.308. The molecule has 4 nitrogen and oxygen atoms in total. The normalized spacial score (nSPS) is 12.1. The van der Waals surface area contributed by atoms with Crippen LogP contribution < -0.4 is 4.74 Å². The van der Waals surface area contributed by atoms with Crippen molar-refractivity contribution in [1.82, 2.24) is 4.90 Å². The summed E-state index contributed by atoms with van der Waals surface area (Å²) in [6, 6.07) is 5.34. The second-order valence-electron chi connectivity index (χ2n) is 4.06. The monoisotopic (exact) mass is 237 g/mol. The van der Waals surface area contributed by atoms with Gasteiger partial charge < -0.3 is 14.7 Å². The summed E-state index contributed by atoms with van der Waals surface area (Å²) in [4.78, 5) is 12.8. The molecule has 0 spiro atoms. The van der Waals surface area contributed by atoms with Gasteiger partial charge in [-0.2, -0.15) is 0 Å². The van der Waals surface area contributed by atoms with E-state index >= 15 is 0 Å². The molecule has 0 fully saturated rings. The highest BCUT2D eigenvalue weighted by Crippen LogP contribution is 2.25. The van der Waals surface area contributed by atoms with Gasteiger partial charge in [-0.3, -0.25) is 4.79 Å². The van der Waals surface area contributed by atoms with Crippen LogP contribution in [0.3, 0.4) is 0 Å². The second-order valence-corrected chi connectivity index (χ2v) is 4.06. The van der Waals surface area contributed by atoms with E-state index in [1.807, 2.05) is 25.1 Å². The van der Waals surface area contributed by atoms with E-state index in [9.17, 15) is 9.90 Å². The topological polar surface area (TPSA) is 49.8 Å². The maximum absolute atomic E-state index is 11.3. The third kappa shape index (κ3) is 2.97. The van der Waals surface area contributed by atoms with Crippen LogP contribution in [0.4, 0.5) is 0 Å². The Balaban J connectivity index is 3.04. The summed E-state index contributed by atoms with van der Waals surface area (Å²) in [7, 11) is 3.30. The number of rotatable bonds is 4. The molecule has 0 aliphatic rings. The van der Waals surface area contributed by atoms with E-state index in [4.69, 9.17) is 4.74 Å². The summed E-state index contributed by atoms with van der Waals surface area (Å²) in [5.74, 6) is 0.730. The van der Waals surface area contributed by atoms with Crippen molar-refractivity contribution in [2.75, 3.05) is 20.8 Å². The van der Waals surface area contributed by atoms with Crippen LogP contribution in [0.2, 0.25) is 0 Å². The van der Waals surface area contributed by atoms with Gasteiger partial charge in [0.05, 0.1) is 19.8 Å². The van der Waals surface area contributed by atoms with Gasteiger partial charge >= 0.3 is 0 Å². The van der Waals surface area contributed by atoms with Gasteiger partial charge in [-0.15, -0.1) is 0 Å². The molecule has 0 saturated heterocycles. The highest BCUT2D eigenvalue weighted by atomic mass is 16.5. The first-order valence-corrected chi connectivity index (χ1v) is 5.50. The Bertz CT molecular complexity index is 404. The van der Waals surface area contributed by atoms with E-state index in [0.717, 1.165) is 16.9 Å². The van der Waals surface area contributed by atoms with E-state index in [-0.39, 0.29) is 18.6 Å². The molecule has 0 radical (unpaired) electrons. The Kier molecular flexibility index (Phi) is 4.52. The fraction of sp³-hybridized carbons (Fsp3) is 0.462. The van der Waals surface area contributed by atoms with Crippen LogP contribution in [0.5, 0.6) is 5.75 Å². The van der Waals surface area contributed by atoms with Gasteiger partial charge in [-0.1, -0.05) is 12.1 Å². The van der Waals surface area contributed by atoms with Crippen LogP contribution in [-0.4, -0.2) is 36.7 Å². The lowest BCUT2D eigenvalue weighted by atomic mass is 10.0. The molecule has 1 aromatic rings. The van der Waals surface area contributed by atoms with Crippen LogP contribution >= 0.6 is 0 Å². The number of hydrogen-bond donors (Lipinski definition) is 1. The maximum Gasteiger partial charge on any atom is 0.219 e. The van der Waals surface area contributed by atoms with E-state index in [0.29, 0.717) is 0 Å². The summed E-state index contributed by atoms with van der Waals surface area (Å²) < 4.78 is 5.18. The van der Waals surface area contributed by atoms with Crippen molar-refractivity contribution in [1.29, 1.82) is 0 Å². The van der Waals surface area contributed by atoms with Crippen molar-refractivity contribution in [2.24, 2.45) is 0 Å². The van der Waals surface area contributed by atoms with Gasteiger partial charge in [0.2, 0.25) is 5.91 Å². The summed E-state index contributed by atoms with van der Waals surface area (Å²) in [6.07, 6.45) is 0. The van der Waals surface area contributed by atoms with E-state index < -0.39 is 0 Å². The van der Waals surface area contributed by atoms with Crippen molar-refractivity contribution < 1.29 is 14.6 Å². The molecule has 1 rings (SSSR count). The van der Waals surface area contributed by atoms with Crippen molar-refractivity contribution in [3.05, 3.63) is 29.3 Å². The molecule has 1 atom stereocenters. The molecular formula is C13H19NO3. The molecule has 1 unspecified atom stereocenters. The number of benzene rings is 1. The highest BCUT2D eigenvalue weighted by Gasteiger charge is 2.18. The molecule has 0 saturated carbocycles. The zero-order valence-electron chi connectivity index (χ0n) is 10.7. The first-order valence-electron chi connectivity index (χ1n) is 5.50. The number of likely N-dealkylation sites (N-methyl/N-ethyl adjacent to an activating group) is 1. The number of hydrogen-bond acceptors (Lipinski definition) is 3. The minimum Gasteiger partial charge on any atom is -0.496 e. The Hall–Kier alpha value is -1.55. The Morgan fingerprint density at radius 2 is 2.18 bits per heavy atom. The van der Waals surface area contributed by atoms with Crippen molar-refractivity contribution in [2.45, 2.75) is 19.9 Å². The lowest BCUT2D eigenvalue weighted by molar-refractivity contribution is -0.130. The van der Waals surface area contributed by atoms with Gasteiger partial charge in [0.1, 0.15) is 5.75 Å². The predicted octanol–water partition coefficient (Wildman–Crippen LogP) is 1.52. The van der Waals surface area contributed by atoms with Crippen molar-refractivity contribution in [3.8, 4) is 5.75 Å². The smallest absolute Gasteiger partial charge is 0.219 e. The molecule has 0 heterocycles. The van der Waals surface area contributed by atoms with Crippen molar-refractivity contribution in [3.63, 3.8) is 0 Å². The predicted molar refractivity (Wildman–Crippen MR) is 66.0 cm³/mol. The van der Waals surface area contributed by atoms with Crippen LogP contribution in [0.1, 0.15) is 24.1 Å². The lowest BCUT2D eigenvalue weighted by Gasteiger charge is -2.26. The molecule has 0 aliphatic carbocycles. The third-order valence-corrected chi connectivity index (χ3v) is 2.94. The quantitative estimate of drug-likeness (QED) is 0.863. The minimum absolute atomic E-state index is 0.0717. The van der Waals surface area contributed by atoms with Gasteiger partial charge in [0.25, 0.3) is 0 Å². The van der Waals surface area contributed by atoms with Crippen LogP contribution in [0.25, 0.3) is 0 Å². The number of carbonyl (C=O) groups excluding carboxylic acids is 1. The zero-order valence-corrected chi connectivity index (χ0v) is 10.7. The molecule has 17 heavy (non-hydrogen) atoms. The van der Waals surface area contributed by atoms with E-state index in [1.54, 1.807) is 14.2 Å². The Morgan fingerprint density at radius 1 is 1.53 bits per heavy atom. The largest absolute Gasteiger partial charge is 0.496 e. The summed E-state index contributed by atoms with van der Waals surface area (Å²) in [5, 5.41) is 9.39. The fourth-order valence-corrected chi connectivity index (χ4v) is 1.78. The number of carbonyl (C=O) groups is 1. The molecule has 1 amide bonds. The average Bonchev–Trinajstić information content (AvgIpc) is 2.30. The summed E-state index contributed by atoms with van der Waals surface area (Å²) >= 11 is 0. The number of aryl methyl sites for hydroxylation is 1. The highest BCUT2D eigenvalue weighted by molar-refractivity contribution is 5.73. The average molecular weight is 237 g/mol. The SMILES string of the molecule is COc1ccc(C(CO)N(C)C(C)=O)cc1C. The third-order valence-electron chi connectivity index (χ3n) is 2.94. The molecule has 0 aromatic heterocycles. The zero-order chi connectivity index (χ0) is 13.0. The van der Waals surface area contributed by atoms with Gasteiger partial charge in [0, 0.05) is 14.0 Å². The van der Waals surface area contributed by atoms with Crippen LogP contribution in [0.15, 0.2) is 18.2 Å². The molecule has 0 bridgehead atoms. The van der Waals surface area contributed by atoms with E-state index in [1.165, 1.54) is 11.8 Å². The number of ether oxygens (including phenoxy) is 1. The standard InChI is InChI=1S/C13H19NO3/c1-9-7-11(5-6-13(9)17-4)12(8-15)14(3)10(2)16/h5-7,12,15H,8H2,1-4H3. The van der Waals surface area contributed by atoms with E-state index in [2.05, 4.69) is 0 Å². The first kappa shape index (κ1) is 13.5. The Labute approximate surface area is 102 Å². The van der Waals surface area contributed by atoms with Gasteiger partial charge in [-0.05, 0) is 24.1 Å². The second kappa shape index (κ2) is 5.68. The van der Waals surface area contributed by atoms with Crippen LogP contribution in [-0.2, 0) is 4.79 Å². The van der Waals surface area contributed by atoms with Crippen LogP contribution in [0, 0.1) is 6.92 Å². The molecular weight excluding hydrogens is 218 g/mol. The molecule has 4 heteroatoms. The molecule has 94 valence electrons. The molecule has 1 N–H and O–H groups in total. The number of methoxy groups -OCH3 is 1. The number of aliphatic hydroxyl groups is 1. The van der Waals surface area contributed by atoms with Gasteiger partial charge in [0.15, 0.2) is 0 Å². The number of aliphatic hydroxyl groups excluding tert-OH is 1. The molecule has 1 aromatic carbocycles. The lowest BCUT2D eigenvalue weighted by Crippen LogP contribution is -2.31. The first-order chi connectivity index (χ1) is 8.01. The van der Waals surface area contributed by atoms with Gasteiger partial charge in [-0.25, -0.2) is 0 Å².